The third-order valence-corrected chi connectivity index (χ3v) is 2.88. The maximum atomic E-state index is 11.0. The Morgan fingerprint density at radius 1 is 1.56 bits per heavy atom. The summed E-state index contributed by atoms with van der Waals surface area (Å²) in [6, 6.07) is 1.67. The third-order valence-electron chi connectivity index (χ3n) is 1.54. The molecule has 7 heteroatoms. The number of oxime groups is 1. The maximum absolute atomic E-state index is 11.0. The molecule has 0 rings (SSSR count). The van der Waals surface area contributed by atoms with Crippen molar-refractivity contribution in [2.75, 3.05) is 5.75 Å². The molecular weight excluding hydrogens is 252 g/mol. The van der Waals surface area contributed by atoms with Crippen molar-refractivity contribution in [3.63, 3.8) is 0 Å². The molecular formula is C9H13ClN2O3S. The molecule has 0 aliphatic carbocycles. The van der Waals surface area contributed by atoms with Gasteiger partial charge in [-0.15, -0.1) is 0 Å². The van der Waals surface area contributed by atoms with E-state index in [1.54, 1.807) is 12.1 Å². The monoisotopic (exact) mass is 264 g/mol. The summed E-state index contributed by atoms with van der Waals surface area (Å²) < 4.78 is 26.2. The van der Waals surface area contributed by atoms with Gasteiger partial charge < -0.3 is 0 Å². The molecule has 0 atom stereocenters. The van der Waals surface area contributed by atoms with Gasteiger partial charge in [-0.05, 0) is 13.3 Å². The Labute approximate surface area is 100 Å². The molecule has 0 unspecified atom stereocenters. The van der Waals surface area contributed by atoms with Gasteiger partial charge in [0, 0.05) is 0 Å². The van der Waals surface area contributed by atoms with Crippen LogP contribution in [0.4, 0.5) is 0 Å². The third kappa shape index (κ3) is 5.73. The number of unbranched alkanes of at least 4 members (excludes halogenated alkanes) is 1. The lowest BCUT2D eigenvalue weighted by Crippen LogP contribution is -2.06. The number of rotatable bonds is 6. The highest BCUT2D eigenvalue weighted by atomic mass is 35.5. The predicted octanol–water partition coefficient (Wildman–Crippen LogP) is 2.16. The van der Waals surface area contributed by atoms with Gasteiger partial charge in [-0.1, -0.05) is 36.2 Å². The van der Waals surface area contributed by atoms with E-state index >= 15 is 0 Å². The highest BCUT2D eigenvalue weighted by Gasteiger charge is 2.10. The Morgan fingerprint density at radius 3 is 2.62 bits per heavy atom. The number of halogens is 1. The molecule has 0 fully saturated rings. The fourth-order valence-electron chi connectivity index (χ4n) is 0.632. The van der Waals surface area contributed by atoms with Crippen LogP contribution in [0.2, 0.25) is 0 Å². The van der Waals surface area contributed by atoms with Crippen molar-refractivity contribution >= 4 is 27.4 Å². The highest BCUT2D eigenvalue weighted by Crippen LogP contribution is 2.08. The highest BCUT2D eigenvalue weighted by molar-refractivity contribution is 7.86. The normalized spacial score (nSPS) is 13.4. The molecule has 0 radical (unpaired) electrons. The van der Waals surface area contributed by atoms with Gasteiger partial charge in [0.1, 0.15) is 6.07 Å². The minimum absolute atomic E-state index is 0.0932. The molecule has 0 bridgehead atoms. The van der Waals surface area contributed by atoms with Gasteiger partial charge >= 0.3 is 10.1 Å². The van der Waals surface area contributed by atoms with Crippen molar-refractivity contribution in [2.45, 2.75) is 26.7 Å². The largest absolute Gasteiger partial charge is 0.328 e. The van der Waals surface area contributed by atoms with Crippen LogP contribution in [-0.4, -0.2) is 19.9 Å². The smallest absolute Gasteiger partial charge is 0.267 e. The molecule has 0 aliphatic rings. The van der Waals surface area contributed by atoms with E-state index in [4.69, 9.17) is 16.9 Å². The van der Waals surface area contributed by atoms with E-state index in [-0.39, 0.29) is 16.5 Å². The second-order valence-electron chi connectivity index (χ2n) is 2.81. The van der Waals surface area contributed by atoms with Crippen LogP contribution in [0.1, 0.15) is 26.7 Å². The van der Waals surface area contributed by atoms with Gasteiger partial charge in [-0.25, -0.2) is 0 Å². The summed E-state index contributed by atoms with van der Waals surface area (Å²) in [5, 5.41) is 12.0. The first kappa shape index (κ1) is 14.9. The summed E-state index contributed by atoms with van der Waals surface area (Å²) in [6.07, 6.45) is 3.13. The summed E-state index contributed by atoms with van der Waals surface area (Å²) in [7, 11) is -3.70. The van der Waals surface area contributed by atoms with E-state index in [0.717, 1.165) is 6.42 Å². The van der Waals surface area contributed by atoms with Crippen molar-refractivity contribution in [1.29, 1.82) is 5.26 Å². The molecule has 0 amide bonds. The summed E-state index contributed by atoms with van der Waals surface area (Å²) in [5.74, 6) is -0.217. The number of hydrogen-bond acceptors (Lipinski definition) is 5. The maximum Gasteiger partial charge on any atom is 0.328 e. The van der Waals surface area contributed by atoms with Crippen LogP contribution < -0.4 is 0 Å². The van der Waals surface area contributed by atoms with Crippen molar-refractivity contribution < 1.29 is 12.7 Å². The lowest BCUT2D eigenvalue weighted by atomic mass is 10.3. The van der Waals surface area contributed by atoms with Gasteiger partial charge in [0.15, 0.2) is 5.71 Å². The van der Waals surface area contributed by atoms with Crippen LogP contribution in [0, 0.1) is 11.3 Å². The Kier molecular flexibility index (Phi) is 6.77. The fourth-order valence-corrected chi connectivity index (χ4v) is 1.11. The van der Waals surface area contributed by atoms with Crippen molar-refractivity contribution in [3.8, 4) is 6.07 Å². The summed E-state index contributed by atoms with van der Waals surface area (Å²) in [4.78, 5) is 0. The van der Waals surface area contributed by atoms with Crippen molar-refractivity contribution in [1.82, 2.24) is 0 Å². The molecule has 16 heavy (non-hydrogen) atoms. The van der Waals surface area contributed by atoms with Crippen molar-refractivity contribution in [2.24, 2.45) is 5.16 Å². The van der Waals surface area contributed by atoms with E-state index in [1.807, 2.05) is 6.92 Å². The van der Waals surface area contributed by atoms with Crippen molar-refractivity contribution in [3.05, 3.63) is 11.1 Å². The minimum atomic E-state index is -3.70. The van der Waals surface area contributed by atoms with Crippen LogP contribution in [-0.2, 0) is 14.4 Å². The standard InChI is InChI=1S/C9H13ClN2O3S/c1-3-5-6-8(10)9(7-11)12-15-16(13,14)4-2/h6H,3-5H2,1-2H3. The molecule has 5 nitrogen and oxygen atoms in total. The van der Waals surface area contributed by atoms with E-state index < -0.39 is 10.1 Å². The van der Waals surface area contributed by atoms with Gasteiger partial charge in [-0.3, -0.25) is 4.28 Å². The Bertz CT molecular complexity index is 421. The topological polar surface area (TPSA) is 79.5 Å². The molecule has 0 aliphatic heterocycles. The molecule has 0 aromatic heterocycles. The second-order valence-corrected chi connectivity index (χ2v) is 5.06. The number of allylic oxidation sites excluding steroid dienone is 2. The molecule has 0 saturated carbocycles. The number of nitrogens with zero attached hydrogens (tertiary/aromatic N) is 2. The lowest BCUT2D eigenvalue weighted by molar-refractivity contribution is 0.340. The van der Waals surface area contributed by atoms with E-state index in [0.29, 0.717) is 6.42 Å². The molecule has 0 N–H and O–H groups in total. The molecule has 0 spiro atoms. The predicted molar refractivity (Wildman–Crippen MR) is 62.4 cm³/mol. The van der Waals surface area contributed by atoms with Gasteiger partial charge in [0.05, 0.1) is 10.8 Å². The number of hydrogen-bond donors (Lipinski definition) is 0. The van der Waals surface area contributed by atoms with Crippen LogP contribution in [0.5, 0.6) is 0 Å². The van der Waals surface area contributed by atoms with Crippen LogP contribution in [0.3, 0.4) is 0 Å². The summed E-state index contributed by atoms with van der Waals surface area (Å²) in [5.41, 5.74) is -0.243. The van der Waals surface area contributed by atoms with E-state index in [9.17, 15) is 8.42 Å². The quantitative estimate of drug-likeness (QED) is 0.544. The lowest BCUT2D eigenvalue weighted by Gasteiger charge is -1.98. The first-order chi connectivity index (χ1) is 7.46. The molecule has 90 valence electrons. The van der Waals surface area contributed by atoms with Gasteiger partial charge in [0.25, 0.3) is 0 Å². The molecule has 0 aromatic rings. The zero-order chi connectivity index (χ0) is 12.6. The molecule has 0 heterocycles. The zero-order valence-electron chi connectivity index (χ0n) is 9.10. The second kappa shape index (κ2) is 7.25. The summed E-state index contributed by atoms with van der Waals surface area (Å²) in [6.45, 7) is 3.35. The first-order valence-electron chi connectivity index (χ1n) is 4.72. The van der Waals surface area contributed by atoms with Crippen LogP contribution in [0.15, 0.2) is 16.3 Å². The Hall–Kier alpha value is -1.06. The van der Waals surface area contributed by atoms with E-state index in [2.05, 4.69) is 9.44 Å². The first-order valence-corrected chi connectivity index (χ1v) is 6.67. The molecule has 0 saturated heterocycles. The summed E-state index contributed by atoms with van der Waals surface area (Å²) >= 11 is 5.73. The van der Waals surface area contributed by atoms with Gasteiger partial charge in [0.2, 0.25) is 0 Å². The van der Waals surface area contributed by atoms with Crippen LogP contribution >= 0.6 is 11.6 Å². The van der Waals surface area contributed by atoms with Gasteiger partial charge in [-0.2, -0.15) is 13.7 Å². The SMILES string of the molecule is CCCC=C(Cl)C(C#N)=NOS(=O)(=O)CC. The average molecular weight is 265 g/mol. The Morgan fingerprint density at radius 2 is 2.19 bits per heavy atom. The number of nitriles is 1. The fraction of sp³-hybridized carbons (Fsp3) is 0.556. The molecule has 0 aromatic carbocycles. The zero-order valence-corrected chi connectivity index (χ0v) is 10.7. The Balaban J connectivity index is 4.76. The minimum Gasteiger partial charge on any atom is -0.267 e. The van der Waals surface area contributed by atoms with E-state index in [1.165, 1.54) is 6.92 Å². The average Bonchev–Trinajstić information content (AvgIpc) is 2.27. The van der Waals surface area contributed by atoms with Crippen LogP contribution in [0.25, 0.3) is 0 Å².